The van der Waals surface area contributed by atoms with Crippen molar-refractivity contribution in [1.82, 2.24) is 4.98 Å². The molecule has 0 fully saturated rings. The highest BCUT2D eigenvalue weighted by Gasteiger charge is 2.10. The van der Waals surface area contributed by atoms with Gasteiger partial charge in [0.15, 0.2) is 0 Å². The maximum atomic E-state index is 6.25. The predicted octanol–water partition coefficient (Wildman–Crippen LogP) is 4.42. The SMILES string of the molecule is CCc1nc(C)ccc1Oc1ccc([C@H](C)N)cc1Cl. The molecule has 1 aromatic carbocycles. The molecule has 0 aliphatic carbocycles. The number of ether oxygens (including phenoxy) is 1. The van der Waals surface area contributed by atoms with E-state index in [-0.39, 0.29) is 6.04 Å². The maximum Gasteiger partial charge on any atom is 0.148 e. The number of hydrogen-bond donors (Lipinski definition) is 1. The van der Waals surface area contributed by atoms with Gasteiger partial charge in [-0.1, -0.05) is 24.6 Å². The normalized spacial score (nSPS) is 12.2. The molecule has 0 bridgehead atoms. The summed E-state index contributed by atoms with van der Waals surface area (Å²) in [6.07, 6.45) is 0.812. The Bertz CT molecular complexity index is 611. The average Bonchev–Trinajstić information content (AvgIpc) is 2.42. The number of rotatable bonds is 4. The van der Waals surface area contributed by atoms with Crippen LogP contribution in [0, 0.1) is 6.92 Å². The molecule has 0 spiro atoms. The number of nitrogens with two attached hydrogens (primary N) is 1. The van der Waals surface area contributed by atoms with Gasteiger partial charge in [0.05, 0.1) is 10.7 Å². The first-order valence-corrected chi connectivity index (χ1v) is 7.08. The lowest BCUT2D eigenvalue weighted by Gasteiger charge is -2.13. The van der Waals surface area contributed by atoms with Crippen molar-refractivity contribution in [3.63, 3.8) is 0 Å². The molecule has 1 atom stereocenters. The molecule has 0 unspecified atom stereocenters. The van der Waals surface area contributed by atoms with Crippen molar-refractivity contribution in [1.29, 1.82) is 0 Å². The standard InChI is InChI=1S/C16H19ClN2O/c1-4-14-16(7-5-10(2)19-14)20-15-8-6-12(11(3)18)9-13(15)17/h5-9,11H,4,18H2,1-3H3/t11-/m0/s1. The number of aromatic nitrogens is 1. The number of hydrogen-bond acceptors (Lipinski definition) is 3. The predicted molar refractivity (Wildman–Crippen MR) is 82.5 cm³/mol. The second-order valence-electron chi connectivity index (χ2n) is 4.83. The van der Waals surface area contributed by atoms with Crippen molar-refractivity contribution in [2.24, 2.45) is 5.73 Å². The first kappa shape index (κ1) is 14.8. The van der Waals surface area contributed by atoms with Gasteiger partial charge >= 0.3 is 0 Å². The highest BCUT2D eigenvalue weighted by Crippen LogP contribution is 2.32. The van der Waals surface area contributed by atoms with Crippen LogP contribution in [0.15, 0.2) is 30.3 Å². The topological polar surface area (TPSA) is 48.1 Å². The van der Waals surface area contributed by atoms with Crippen LogP contribution in [-0.4, -0.2) is 4.98 Å². The summed E-state index contributed by atoms with van der Waals surface area (Å²) in [5.74, 6) is 1.37. The molecule has 0 amide bonds. The Balaban J connectivity index is 2.30. The van der Waals surface area contributed by atoms with E-state index in [2.05, 4.69) is 11.9 Å². The maximum absolute atomic E-state index is 6.25. The van der Waals surface area contributed by atoms with Crippen LogP contribution in [0.4, 0.5) is 0 Å². The van der Waals surface area contributed by atoms with Crippen molar-refractivity contribution < 1.29 is 4.74 Å². The second kappa shape index (κ2) is 6.25. The summed E-state index contributed by atoms with van der Waals surface area (Å²) in [4.78, 5) is 4.48. The molecule has 2 aromatic rings. The van der Waals surface area contributed by atoms with Crippen LogP contribution < -0.4 is 10.5 Å². The van der Waals surface area contributed by atoms with Gasteiger partial charge in [-0.3, -0.25) is 4.98 Å². The van der Waals surface area contributed by atoms with Gasteiger partial charge in [0.25, 0.3) is 0 Å². The summed E-state index contributed by atoms with van der Waals surface area (Å²) in [6, 6.07) is 9.43. The van der Waals surface area contributed by atoms with Gasteiger partial charge in [-0.25, -0.2) is 0 Å². The van der Waals surface area contributed by atoms with Gasteiger partial charge < -0.3 is 10.5 Å². The third-order valence-corrected chi connectivity index (χ3v) is 3.40. The van der Waals surface area contributed by atoms with Crippen molar-refractivity contribution in [3.8, 4) is 11.5 Å². The molecule has 1 heterocycles. The fraction of sp³-hybridized carbons (Fsp3) is 0.312. The van der Waals surface area contributed by atoms with Crippen LogP contribution in [-0.2, 0) is 6.42 Å². The summed E-state index contributed by atoms with van der Waals surface area (Å²) in [7, 11) is 0. The fourth-order valence-electron chi connectivity index (χ4n) is 1.95. The highest BCUT2D eigenvalue weighted by molar-refractivity contribution is 6.32. The zero-order valence-corrected chi connectivity index (χ0v) is 12.7. The number of benzene rings is 1. The zero-order chi connectivity index (χ0) is 14.7. The number of halogens is 1. The number of pyridine rings is 1. The van der Waals surface area contributed by atoms with E-state index in [1.165, 1.54) is 0 Å². The minimum atomic E-state index is -0.0474. The zero-order valence-electron chi connectivity index (χ0n) is 12.0. The van der Waals surface area contributed by atoms with E-state index in [0.717, 1.165) is 29.1 Å². The molecular weight excluding hydrogens is 272 g/mol. The van der Waals surface area contributed by atoms with Crippen LogP contribution in [0.2, 0.25) is 5.02 Å². The number of aryl methyl sites for hydroxylation is 2. The van der Waals surface area contributed by atoms with Crippen LogP contribution in [0.5, 0.6) is 11.5 Å². The van der Waals surface area contributed by atoms with E-state index in [1.54, 1.807) is 0 Å². The van der Waals surface area contributed by atoms with Gasteiger partial charge in [0.1, 0.15) is 11.5 Å². The molecule has 3 nitrogen and oxygen atoms in total. The first-order chi connectivity index (χ1) is 9.51. The van der Waals surface area contributed by atoms with Crippen LogP contribution in [0.1, 0.15) is 36.8 Å². The lowest BCUT2D eigenvalue weighted by Crippen LogP contribution is -2.04. The molecule has 2 rings (SSSR count). The minimum absolute atomic E-state index is 0.0474. The molecular formula is C16H19ClN2O. The van der Waals surface area contributed by atoms with Crippen molar-refractivity contribution in [3.05, 3.63) is 52.3 Å². The quantitative estimate of drug-likeness (QED) is 0.907. The Morgan fingerprint density at radius 1 is 1.25 bits per heavy atom. The smallest absolute Gasteiger partial charge is 0.148 e. The minimum Gasteiger partial charge on any atom is -0.454 e. The summed E-state index contributed by atoms with van der Waals surface area (Å²) < 4.78 is 5.89. The summed E-state index contributed by atoms with van der Waals surface area (Å²) in [6.45, 7) is 5.94. The van der Waals surface area contributed by atoms with Crippen molar-refractivity contribution in [2.75, 3.05) is 0 Å². The molecule has 20 heavy (non-hydrogen) atoms. The Morgan fingerprint density at radius 2 is 1.95 bits per heavy atom. The van der Waals surface area contributed by atoms with E-state index in [4.69, 9.17) is 22.1 Å². The van der Waals surface area contributed by atoms with Gasteiger partial charge in [-0.05, 0) is 50.1 Å². The lowest BCUT2D eigenvalue weighted by atomic mass is 10.1. The van der Waals surface area contributed by atoms with Crippen molar-refractivity contribution >= 4 is 11.6 Å². The third kappa shape index (κ3) is 3.30. The Kier molecular flexibility index (Phi) is 4.63. The number of nitrogens with zero attached hydrogens (tertiary/aromatic N) is 1. The summed E-state index contributed by atoms with van der Waals surface area (Å²) in [5.41, 5.74) is 8.73. The second-order valence-corrected chi connectivity index (χ2v) is 5.24. The molecule has 0 aliphatic heterocycles. The third-order valence-electron chi connectivity index (χ3n) is 3.11. The monoisotopic (exact) mass is 290 g/mol. The molecule has 4 heteroatoms. The molecule has 2 N–H and O–H groups in total. The molecule has 106 valence electrons. The molecule has 0 radical (unpaired) electrons. The summed E-state index contributed by atoms with van der Waals surface area (Å²) in [5, 5.41) is 0.558. The highest BCUT2D eigenvalue weighted by atomic mass is 35.5. The molecule has 0 saturated carbocycles. The Labute approximate surface area is 124 Å². The largest absolute Gasteiger partial charge is 0.454 e. The van der Waals surface area contributed by atoms with Gasteiger partial charge in [0.2, 0.25) is 0 Å². The van der Waals surface area contributed by atoms with Crippen LogP contribution >= 0.6 is 11.6 Å². The van der Waals surface area contributed by atoms with Crippen LogP contribution in [0.25, 0.3) is 0 Å². The molecule has 0 saturated heterocycles. The van der Waals surface area contributed by atoms with Gasteiger partial charge in [-0.15, -0.1) is 0 Å². The van der Waals surface area contributed by atoms with Crippen LogP contribution in [0.3, 0.4) is 0 Å². The first-order valence-electron chi connectivity index (χ1n) is 6.70. The van der Waals surface area contributed by atoms with Gasteiger partial charge in [0, 0.05) is 11.7 Å². The van der Waals surface area contributed by atoms with E-state index < -0.39 is 0 Å². The lowest BCUT2D eigenvalue weighted by molar-refractivity contribution is 0.472. The summed E-state index contributed by atoms with van der Waals surface area (Å²) >= 11 is 6.25. The van der Waals surface area contributed by atoms with E-state index in [9.17, 15) is 0 Å². The van der Waals surface area contributed by atoms with E-state index in [1.807, 2.05) is 44.2 Å². The average molecular weight is 291 g/mol. The van der Waals surface area contributed by atoms with E-state index >= 15 is 0 Å². The fourth-order valence-corrected chi connectivity index (χ4v) is 2.17. The molecule has 0 aliphatic rings. The Hall–Kier alpha value is -1.58. The molecule has 1 aromatic heterocycles. The Morgan fingerprint density at radius 3 is 2.55 bits per heavy atom. The van der Waals surface area contributed by atoms with Crippen molar-refractivity contribution in [2.45, 2.75) is 33.2 Å². The van der Waals surface area contributed by atoms with Gasteiger partial charge in [-0.2, -0.15) is 0 Å². The van der Waals surface area contributed by atoms with E-state index in [0.29, 0.717) is 10.8 Å².